The summed E-state index contributed by atoms with van der Waals surface area (Å²) in [5.41, 5.74) is 1.94. The number of hydrogen-bond acceptors (Lipinski definition) is 3. The van der Waals surface area contributed by atoms with Crippen molar-refractivity contribution in [1.29, 1.82) is 0 Å². The molecule has 0 aliphatic rings. The zero-order valence-electron chi connectivity index (χ0n) is 15.9. The van der Waals surface area contributed by atoms with Crippen molar-refractivity contribution in [2.45, 2.75) is 72.1 Å². The highest BCUT2D eigenvalue weighted by Gasteiger charge is 2.27. The van der Waals surface area contributed by atoms with Gasteiger partial charge in [0.05, 0.1) is 5.92 Å². The molecule has 0 bridgehead atoms. The quantitative estimate of drug-likeness (QED) is 0.846. The van der Waals surface area contributed by atoms with Gasteiger partial charge in [-0.2, -0.15) is 0 Å². The Bertz CT molecular complexity index is 595. The predicted molar refractivity (Wildman–Crippen MR) is 95.6 cm³/mol. The molecule has 24 heavy (non-hydrogen) atoms. The fourth-order valence-corrected chi connectivity index (χ4v) is 2.67. The maximum atomic E-state index is 12.2. The van der Waals surface area contributed by atoms with Crippen molar-refractivity contribution >= 4 is 11.8 Å². The molecule has 1 atom stereocenters. The zero-order valence-corrected chi connectivity index (χ0v) is 15.9. The van der Waals surface area contributed by atoms with Gasteiger partial charge in [-0.3, -0.25) is 9.59 Å². The van der Waals surface area contributed by atoms with E-state index in [1.807, 2.05) is 53.7 Å². The lowest BCUT2D eigenvalue weighted by atomic mass is 9.78. The molecule has 0 saturated heterocycles. The van der Waals surface area contributed by atoms with E-state index in [0.29, 0.717) is 0 Å². The van der Waals surface area contributed by atoms with Crippen molar-refractivity contribution in [3.8, 4) is 5.75 Å². The highest BCUT2D eigenvalue weighted by Crippen LogP contribution is 2.39. The second-order valence-electron chi connectivity index (χ2n) is 8.70. The molecule has 4 nitrogen and oxygen atoms in total. The summed E-state index contributed by atoms with van der Waals surface area (Å²) >= 11 is 0. The molecule has 134 valence electrons. The van der Waals surface area contributed by atoms with E-state index in [1.54, 1.807) is 0 Å². The first-order chi connectivity index (χ1) is 10.7. The Morgan fingerprint density at radius 2 is 1.42 bits per heavy atom. The van der Waals surface area contributed by atoms with Gasteiger partial charge in [-0.1, -0.05) is 60.6 Å². The predicted octanol–water partition coefficient (Wildman–Crippen LogP) is 4.21. The normalized spacial score (nSPS) is 13.6. The van der Waals surface area contributed by atoms with E-state index < -0.39 is 11.9 Å². The molecule has 1 aromatic rings. The van der Waals surface area contributed by atoms with Crippen LogP contribution >= 0.6 is 0 Å². The van der Waals surface area contributed by atoms with Crippen molar-refractivity contribution in [3.05, 3.63) is 28.8 Å². The number of carbonyl (C=O) groups is 2. The number of aliphatic carboxylic acids is 1. The summed E-state index contributed by atoms with van der Waals surface area (Å²) in [6.45, 7) is 13.7. The topological polar surface area (TPSA) is 74.6 Å². The summed E-state index contributed by atoms with van der Waals surface area (Å²) in [7, 11) is 0. The number of aromatic hydroxyl groups is 1. The zero-order chi connectivity index (χ0) is 18.9. The van der Waals surface area contributed by atoms with Crippen LogP contribution in [0, 0.1) is 5.92 Å². The second-order valence-corrected chi connectivity index (χ2v) is 8.70. The van der Waals surface area contributed by atoms with Crippen LogP contribution in [0.5, 0.6) is 5.75 Å². The molecule has 0 saturated carbocycles. The van der Waals surface area contributed by atoms with E-state index in [1.165, 1.54) is 6.92 Å². The third-order valence-electron chi connectivity index (χ3n) is 4.14. The highest BCUT2D eigenvalue weighted by molar-refractivity contribution is 5.85. The lowest BCUT2D eigenvalue weighted by Crippen LogP contribution is -2.19. The molecule has 0 aliphatic heterocycles. The van der Waals surface area contributed by atoms with Gasteiger partial charge in [0.25, 0.3) is 0 Å². The van der Waals surface area contributed by atoms with Crippen molar-refractivity contribution in [2.75, 3.05) is 0 Å². The molecular formula is C20H30O4. The minimum absolute atomic E-state index is 0.0198. The SMILES string of the molecule is CC(CC(=O)Cc1cc(C(C)(C)C)c(O)c(C(C)(C)C)c1)C(=O)O. The third-order valence-corrected chi connectivity index (χ3v) is 4.14. The maximum Gasteiger partial charge on any atom is 0.306 e. The van der Waals surface area contributed by atoms with Crippen LogP contribution in [0.1, 0.15) is 71.6 Å². The van der Waals surface area contributed by atoms with Gasteiger partial charge in [-0.25, -0.2) is 0 Å². The first-order valence-electron chi connectivity index (χ1n) is 8.35. The molecule has 0 aromatic heterocycles. The van der Waals surface area contributed by atoms with E-state index in [-0.39, 0.29) is 35.2 Å². The number of rotatable bonds is 5. The van der Waals surface area contributed by atoms with E-state index in [2.05, 4.69) is 0 Å². The Morgan fingerprint density at radius 3 is 1.75 bits per heavy atom. The highest BCUT2D eigenvalue weighted by atomic mass is 16.4. The standard InChI is InChI=1S/C20H30O4/c1-12(18(23)24)8-14(21)9-13-10-15(19(2,3)4)17(22)16(11-13)20(5,6)7/h10-12,22H,8-9H2,1-7H3,(H,23,24). The minimum Gasteiger partial charge on any atom is -0.507 e. The van der Waals surface area contributed by atoms with E-state index in [9.17, 15) is 14.7 Å². The number of phenols is 1. The van der Waals surface area contributed by atoms with Crippen LogP contribution < -0.4 is 0 Å². The number of ketones is 1. The average Bonchev–Trinajstić information content (AvgIpc) is 2.37. The molecule has 0 radical (unpaired) electrons. The van der Waals surface area contributed by atoms with Gasteiger partial charge in [0.2, 0.25) is 0 Å². The van der Waals surface area contributed by atoms with Gasteiger partial charge in [-0.05, 0) is 27.5 Å². The fraction of sp³-hybridized carbons (Fsp3) is 0.600. The molecular weight excluding hydrogens is 304 g/mol. The summed E-state index contributed by atoms with van der Waals surface area (Å²) in [5, 5.41) is 19.6. The summed E-state index contributed by atoms with van der Waals surface area (Å²) in [4.78, 5) is 23.1. The summed E-state index contributed by atoms with van der Waals surface area (Å²) in [5.74, 6) is -1.46. The monoisotopic (exact) mass is 334 g/mol. The molecule has 0 aliphatic carbocycles. The number of hydrogen-bond donors (Lipinski definition) is 2. The lowest BCUT2D eigenvalue weighted by molar-refractivity contribution is -0.143. The van der Waals surface area contributed by atoms with Gasteiger partial charge in [0.1, 0.15) is 11.5 Å². The van der Waals surface area contributed by atoms with Gasteiger partial charge in [0, 0.05) is 12.8 Å². The van der Waals surface area contributed by atoms with Gasteiger partial charge < -0.3 is 10.2 Å². The Labute approximate surface area is 144 Å². The Kier molecular flexibility index (Phi) is 5.86. The number of carboxylic acids is 1. The molecule has 0 heterocycles. The molecule has 4 heteroatoms. The summed E-state index contributed by atoms with van der Waals surface area (Å²) in [6, 6.07) is 3.74. The van der Waals surface area contributed by atoms with Crippen molar-refractivity contribution in [1.82, 2.24) is 0 Å². The number of Topliss-reactive ketones (excluding diaryl/α,β-unsaturated/α-hetero) is 1. The van der Waals surface area contributed by atoms with Crippen LogP contribution in [0.25, 0.3) is 0 Å². The van der Waals surface area contributed by atoms with Crippen LogP contribution in [0.15, 0.2) is 12.1 Å². The number of phenolic OH excluding ortho intramolecular Hbond substituents is 1. The Morgan fingerprint density at radius 1 is 1.00 bits per heavy atom. The van der Waals surface area contributed by atoms with Crippen molar-refractivity contribution in [3.63, 3.8) is 0 Å². The number of carbonyl (C=O) groups excluding carboxylic acids is 1. The van der Waals surface area contributed by atoms with Crippen molar-refractivity contribution < 1.29 is 19.8 Å². The molecule has 0 fully saturated rings. The van der Waals surface area contributed by atoms with Crippen LogP contribution in [-0.2, 0) is 26.8 Å². The van der Waals surface area contributed by atoms with Gasteiger partial charge >= 0.3 is 5.97 Å². The molecule has 1 rings (SSSR count). The summed E-state index contributed by atoms with van der Waals surface area (Å²) in [6.07, 6.45) is 0.204. The Balaban J connectivity index is 3.25. The van der Waals surface area contributed by atoms with Crippen LogP contribution in [0.2, 0.25) is 0 Å². The fourth-order valence-electron chi connectivity index (χ4n) is 2.67. The van der Waals surface area contributed by atoms with Gasteiger partial charge in [-0.15, -0.1) is 0 Å². The summed E-state index contributed by atoms with van der Waals surface area (Å²) < 4.78 is 0. The Hall–Kier alpha value is -1.84. The number of benzene rings is 1. The van der Waals surface area contributed by atoms with E-state index >= 15 is 0 Å². The molecule has 2 N–H and O–H groups in total. The van der Waals surface area contributed by atoms with Crippen LogP contribution in [0.4, 0.5) is 0 Å². The molecule has 0 amide bonds. The molecule has 1 aromatic carbocycles. The van der Waals surface area contributed by atoms with E-state index in [0.717, 1.165) is 16.7 Å². The lowest BCUT2D eigenvalue weighted by Gasteiger charge is -2.28. The first-order valence-corrected chi connectivity index (χ1v) is 8.35. The smallest absolute Gasteiger partial charge is 0.306 e. The maximum absolute atomic E-state index is 12.2. The second kappa shape index (κ2) is 6.96. The molecule has 1 unspecified atom stereocenters. The first kappa shape index (κ1) is 20.2. The average molecular weight is 334 g/mol. The number of carboxylic acid groups (broad SMARTS) is 1. The largest absolute Gasteiger partial charge is 0.507 e. The van der Waals surface area contributed by atoms with Crippen LogP contribution in [0.3, 0.4) is 0 Å². The molecule has 0 spiro atoms. The van der Waals surface area contributed by atoms with Crippen molar-refractivity contribution in [2.24, 2.45) is 5.92 Å². The van der Waals surface area contributed by atoms with Crippen LogP contribution in [-0.4, -0.2) is 22.0 Å². The third kappa shape index (κ3) is 5.08. The minimum atomic E-state index is -0.959. The van der Waals surface area contributed by atoms with Gasteiger partial charge in [0.15, 0.2) is 0 Å². The van der Waals surface area contributed by atoms with E-state index in [4.69, 9.17) is 5.11 Å².